The molecule has 18 heavy (non-hydrogen) atoms. The highest BCUT2D eigenvalue weighted by Gasteiger charge is 2.31. The summed E-state index contributed by atoms with van der Waals surface area (Å²) in [6, 6.07) is -0.0209. The van der Waals surface area contributed by atoms with Gasteiger partial charge in [-0.15, -0.1) is 0 Å². The van der Waals surface area contributed by atoms with Gasteiger partial charge in [-0.2, -0.15) is 24.5 Å². The monoisotopic (exact) mass is 293 g/mol. The highest BCUT2D eigenvalue weighted by molar-refractivity contribution is 8.00. The molecule has 2 aliphatic heterocycles. The number of thioether (sulfide) groups is 1. The molecule has 0 bridgehead atoms. The van der Waals surface area contributed by atoms with E-state index in [2.05, 4.69) is 4.72 Å². The summed E-state index contributed by atoms with van der Waals surface area (Å²) in [5.41, 5.74) is 5.67. The molecule has 2 saturated heterocycles. The van der Waals surface area contributed by atoms with Gasteiger partial charge in [0.05, 0.1) is 0 Å². The van der Waals surface area contributed by atoms with Crippen LogP contribution < -0.4 is 10.5 Å². The van der Waals surface area contributed by atoms with Crippen molar-refractivity contribution in [2.24, 2.45) is 5.73 Å². The molecule has 0 aromatic carbocycles. The minimum atomic E-state index is -3.34. The molecule has 0 amide bonds. The predicted molar refractivity (Wildman–Crippen MR) is 75.8 cm³/mol. The van der Waals surface area contributed by atoms with Gasteiger partial charge >= 0.3 is 0 Å². The second-order valence-corrected chi connectivity index (χ2v) is 8.10. The van der Waals surface area contributed by atoms with Gasteiger partial charge in [-0.3, -0.25) is 0 Å². The standard InChI is InChI=1S/C11H23N3O2S2/c12-8-10-4-1-2-6-14(10)18(15,16)13-9-11-5-3-7-17-11/h10-11,13H,1-9,12H2. The first-order chi connectivity index (χ1) is 8.63. The zero-order valence-corrected chi connectivity index (χ0v) is 12.3. The van der Waals surface area contributed by atoms with Gasteiger partial charge in [0.2, 0.25) is 0 Å². The Labute approximate surface area is 114 Å². The first-order valence-corrected chi connectivity index (χ1v) is 9.20. The van der Waals surface area contributed by atoms with E-state index in [1.54, 1.807) is 4.31 Å². The third kappa shape index (κ3) is 3.60. The second-order valence-electron chi connectivity index (χ2n) is 4.98. The first-order valence-electron chi connectivity index (χ1n) is 6.71. The lowest BCUT2D eigenvalue weighted by Gasteiger charge is -2.34. The second kappa shape index (κ2) is 6.56. The molecule has 3 N–H and O–H groups in total. The fraction of sp³-hybridized carbons (Fsp3) is 1.00. The summed E-state index contributed by atoms with van der Waals surface area (Å²) in [6.07, 6.45) is 5.22. The predicted octanol–water partition coefficient (Wildman–Crippen LogP) is 0.530. The minimum Gasteiger partial charge on any atom is -0.329 e. The third-order valence-corrected chi connectivity index (χ3v) is 6.70. The average Bonchev–Trinajstić information content (AvgIpc) is 2.89. The summed E-state index contributed by atoms with van der Waals surface area (Å²) in [5, 5.41) is 0.445. The SMILES string of the molecule is NCC1CCCCN1S(=O)(=O)NCC1CCCS1. The summed E-state index contributed by atoms with van der Waals surface area (Å²) in [7, 11) is -3.34. The molecule has 2 atom stereocenters. The Kier molecular flexibility index (Phi) is 5.32. The summed E-state index contributed by atoms with van der Waals surface area (Å²) < 4.78 is 28.8. The van der Waals surface area contributed by atoms with Crippen LogP contribution in [0.25, 0.3) is 0 Å². The van der Waals surface area contributed by atoms with Crippen LogP contribution in [0.1, 0.15) is 32.1 Å². The van der Waals surface area contributed by atoms with Gasteiger partial charge in [0.1, 0.15) is 0 Å². The maximum atomic E-state index is 12.3. The smallest absolute Gasteiger partial charge is 0.279 e. The molecular weight excluding hydrogens is 270 g/mol. The van der Waals surface area contributed by atoms with E-state index in [0.29, 0.717) is 24.9 Å². The van der Waals surface area contributed by atoms with Crippen molar-refractivity contribution in [2.45, 2.75) is 43.4 Å². The van der Waals surface area contributed by atoms with Crippen molar-refractivity contribution in [2.75, 3.05) is 25.4 Å². The molecule has 5 nitrogen and oxygen atoms in total. The fourth-order valence-electron chi connectivity index (χ4n) is 2.61. The van der Waals surface area contributed by atoms with Crippen LogP contribution in [0.3, 0.4) is 0 Å². The molecule has 2 aliphatic rings. The molecule has 2 rings (SSSR count). The van der Waals surface area contributed by atoms with Crippen molar-refractivity contribution < 1.29 is 8.42 Å². The number of piperidine rings is 1. The van der Waals surface area contributed by atoms with Crippen LogP contribution in [0.5, 0.6) is 0 Å². The quantitative estimate of drug-likeness (QED) is 0.775. The Bertz CT molecular complexity index is 355. The Hall–Kier alpha value is 0.180. The molecule has 2 fully saturated rings. The van der Waals surface area contributed by atoms with E-state index in [9.17, 15) is 8.42 Å². The van der Waals surface area contributed by atoms with Crippen LogP contribution in [0.2, 0.25) is 0 Å². The zero-order valence-electron chi connectivity index (χ0n) is 10.7. The average molecular weight is 293 g/mol. The molecule has 0 aliphatic carbocycles. The largest absolute Gasteiger partial charge is 0.329 e. The van der Waals surface area contributed by atoms with Gasteiger partial charge in [0, 0.05) is 30.9 Å². The number of hydrogen-bond acceptors (Lipinski definition) is 4. The molecule has 0 saturated carbocycles. The van der Waals surface area contributed by atoms with Crippen LogP contribution >= 0.6 is 11.8 Å². The maximum absolute atomic E-state index is 12.3. The van der Waals surface area contributed by atoms with E-state index in [0.717, 1.165) is 31.4 Å². The van der Waals surface area contributed by atoms with E-state index < -0.39 is 10.2 Å². The maximum Gasteiger partial charge on any atom is 0.279 e. The number of rotatable bonds is 5. The first kappa shape index (κ1) is 14.6. The molecule has 106 valence electrons. The summed E-state index contributed by atoms with van der Waals surface area (Å²) in [5.74, 6) is 1.15. The Balaban J connectivity index is 1.91. The van der Waals surface area contributed by atoms with Crippen LogP contribution in [0, 0.1) is 0 Å². The molecular formula is C11H23N3O2S2. The molecule has 0 spiro atoms. The number of nitrogens with zero attached hydrogens (tertiary/aromatic N) is 1. The number of hydrogen-bond donors (Lipinski definition) is 2. The van der Waals surface area contributed by atoms with E-state index in [1.165, 1.54) is 6.42 Å². The molecule has 0 aromatic rings. The van der Waals surface area contributed by atoms with Crippen LogP contribution in [0.15, 0.2) is 0 Å². The lowest BCUT2D eigenvalue weighted by molar-refractivity contribution is 0.254. The Morgan fingerprint density at radius 3 is 2.78 bits per heavy atom. The van der Waals surface area contributed by atoms with Crippen molar-refractivity contribution in [3.63, 3.8) is 0 Å². The van der Waals surface area contributed by atoms with Gasteiger partial charge in [-0.05, 0) is 31.4 Å². The minimum absolute atomic E-state index is 0.0209. The summed E-state index contributed by atoms with van der Waals surface area (Å²) in [4.78, 5) is 0. The molecule has 7 heteroatoms. The molecule has 0 aromatic heterocycles. The molecule has 2 heterocycles. The van der Waals surface area contributed by atoms with Crippen LogP contribution in [-0.2, 0) is 10.2 Å². The fourth-order valence-corrected chi connectivity index (χ4v) is 5.45. The van der Waals surface area contributed by atoms with Crippen molar-refractivity contribution in [1.29, 1.82) is 0 Å². The van der Waals surface area contributed by atoms with Gasteiger partial charge in [0.15, 0.2) is 0 Å². The van der Waals surface area contributed by atoms with Crippen molar-refractivity contribution in [3.05, 3.63) is 0 Å². The molecule has 2 unspecified atom stereocenters. The van der Waals surface area contributed by atoms with Crippen molar-refractivity contribution in [3.8, 4) is 0 Å². The topological polar surface area (TPSA) is 75.4 Å². The van der Waals surface area contributed by atoms with Gasteiger partial charge in [0.25, 0.3) is 10.2 Å². The highest BCUT2D eigenvalue weighted by Crippen LogP contribution is 2.26. The van der Waals surface area contributed by atoms with Crippen molar-refractivity contribution in [1.82, 2.24) is 9.03 Å². The Morgan fingerprint density at radius 1 is 1.28 bits per heavy atom. The summed E-state index contributed by atoms with van der Waals surface area (Å²) in [6.45, 7) is 1.58. The number of nitrogens with two attached hydrogens (primary N) is 1. The Morgan fingerprint density at radius 2 is 2.11 bits per heavy atom. The normalized spacial score (nSPS) is 30.7. The summed E-state index contributed by atoms with van der Waals surface area (Å²) >= 11 is 1.87. The van der Waals surface area contributed by atoms with E-state index in [-0.39, 0.29) is 6.04 Å². The van der Waals surface area contributed by atoms with Gasteiger partial charge < -0.3 is 5.73 Å². The lowest BCUT2D eigenvalue weighted by Crippen LogP contribution is -2.52. The van der Waals surface area contributed by atoms with E-state index in [4.69, 9.17) is 5.73 Å². The molecule has 0 radical (unpaired) electrons. The van der Waals surface area contributed by atoms with Crippen LogP contribution in [0.4, 0.5) is 0 Å². The lowest BCUT2D eigenvalue weighted by atomic mass is 10.1. The number of nitrogens with one attached hydrogen (secondary N) is 1. The zero-order chi connectivity index (χ0) is 13.0. The van der Waals surface area contributed by atoms with Crippen LogP contribution in [-0.4, -0.2) is 49.4 Å². The van der Waals surface area contributed by atoms with E-state index >= 15 is 0 Å². The highest BCUT2D eigenvalue weighted by atomic mass is 32.2. The van der Waals surface area contributed by atoms with Gasteiger partial charge in [-0.25, -0.2) is 4.72 Å². The van der Waals surface area contributed by atoms with E-state index in [1.807, 2.05) is 11.8 Å². The van der Waals surface area contributed by atoms with Crippen molar-refractivity contribution >= 4 is 22.0 Å². The van der Waals surface area contributed by atoms with Gasteiger partial charge in [-0.1, -0.05) is 6.42 Å². The third-order valence-electron chi connectivity index (χ3n) is 3.67.